The molecule has 0 saturated heterocycles. The summed E-state index contributed by atoms with van der Waals surface area (Å²) in [5.74, 6) is -0.298. The van der Waals surface area contributed by atoms with Crippen LogP contribution in [-0.2, 0) is 0 Å². The summed E-state index contributed by atoms with van der Waals surface area (Å²) in [6.45, 7) is 0.951. The summed E-state index contributed by atoms with van der Waals surface area (Å²) in [6.07, 6.45) is 1.49. The van der Waals surface area contributed by atoms with E-state index in [-0.39, 0.29) is 11.4 Å². The van der Waals surface area contributed by atoms with Gasteiger partial charge in [0, 0.05) is 10.7 Å². The Bertz CT molecular complexity index is 372. The largest absolute Gasteiger partial charge is 0.383 e. The number of carbonyl (C=O) groups excluding carboxylic acids is 1. The smallest absolute Gasteiger partial charge is 0.255 e. The monoisotopic (exact) mass is 275 g/mol. The Kier molecular flexibility index (Phi) is 4.02. The predicted molar refractivity (Wildman–Crippen MR) is 59.3 cm³/mol. The molecule has 0 bridgehead atoms. The summed E-state index contributed by atoms with van der Waals surface area (Å²) in [7, 11) is 0. The molecule has 1 amide bonds. The van der Waals surface area contributed by atoms with E-state index in [2.05, 4.69) is 26.2 Å². The van der Waals surface area contributed by atoms with Crippen molar-refractivity contribution in [2.75, 3.05) is 12.4 Å². The van der Waals surface area contributed by atoms with Crippen molar-refractivity contribution in [1.29, 1.82) is 0 Å². The summed E-state index contributed by atoms with van der Waals surface area (Å²) >= 11 is 3.18. The fourth-order valence-electron chi connectivity index (χ4n) is 0.972. The zero-order valence-corrected chi connectivity index (χ0v) is 9.71. The Morgan fingerprint density at radius 1 is 1.80 bits per heavy atom. The fourth-order valence-corrected chi connectivity index (χ4v) is 1.30. The van der Waals surface area contributed by atoms with Crippen molar-refractivity contribution in [3.05, 3.63) is 22.3 Å². The number of carbonyl (C=O) groups is 1. The highest BCUT2D eigenvalue weighted by Crippen LogP contribution is 2.15. The number of amides is 1. The Balaban J connectivity index is 2.86. The summed E-state index contributed by atoms with van der Waals surface area (Å²) in [6, 6.07) is 1.01. The molecule has 0 spiro atoms. The number of hydrogen-bond acceptors (Lipinski definition) is 3. The normalized spacial score (nSPS) is 12.2. The van der Waals surface area contributed by atoms with Crippen molar-refractivity contribution < 1.29 is 9.18 Å². The molecular weight excluding hydrogens is 265 g/mol. The third-order valence-corrected chi connectivity index (χ3v) is 2.17. The topological polar surface area (TPSA) is 68.0 Å². The van der Waals surface area contributed by atoms with Crippen LogP contribution < -0.4 is 11.1 Å². The van der Waals surface area contributed by atoms with Gasteiger partial charge in [0.2, 0.25) is 0 Å². The molecule has 1 atom stereocenters. The number of aromatic nitrogens is 1. The minimum Gasteiger partial charge on any atom is -0.383 e. The lowest BCUT2D eigenvalue weighted by Crippen LogP contribution is -2.34. The number of anilines is 1. The van der Waals surface area contributed by atoms with Crippen molar-refractivity contribution in [3.8, 4) is 0 Å². The van der Waals surface area contributed by atoms with Crippen molar-refractivity contribution in [2.24, 2.45) is 0 Å². The maximum Gasteiger partial charge on any atom is 0.255 e. The number of rotatable bonds is 3. The first kappa shape index (κ1) is 11.9. The van der Waals surface area contributed by atoms with Gasteiger partial charge in [-0.15, -0.1) is 0 Å². The third kappa shape index (κ3) is 3.16. The van der Waals surface area contributed by atoms with Crippen LogP contribution in [0.2, 0.25) is 0 Å². The molecule has 1 rings (SSSR count). The van der Waals surface area contributed by atoms with Gasteiger partial charge < -0.3 is 11.1 Å². The zero-order valence-electron chi connectivity index (χ0n) is 8.13. The van der Waals surface area contributed by atoms with E-state index in [1.165, 1.54) is 6.20 Å². The highest BCUT2D eigenvalue weighted by atomic mass is 79.9. The Morgan fingerprint density at radius 2 is 2.47 bits per heavy atom. The molecule has 82 valence electrons. The first-order valence-corrected chi connectivity index (χ1v) is 5.11. The molecule has 0 aliphatic heterocycles. The molecule has 1 aromatic heterocycles. The van der Waals surface area contributed by atoms with Gasteiger partial charge in [-0.05, 0) is 28.9 Å². The van der Waals surface area contributed by atoms with Crippen LogP contribution in [0.15, 0.2) is 16.7 Å². The molecule has 0 aliphatic rings. The van der Waals surface area contributed by atoms with Gasteiger partial charge in [-0.2, -0.15) is 0 Å². The van der Waals surface area contributed by atoms with Crippen LogP contribution in [0.1, 0.15) is 17.3 Å². The van der Waals surface area contributed by atoms with E-state index >= 15 is 0 Å². The first-order valence-electron chi connectivity index (χ1n) is 4.32. The standard InChI is InChI=1S/C9H11BrFN3O/c1-5(3-11)14-9(15)7-2-6(10)4-13-8(7)12/h2,4-5H,3H2,1H3,(H2,12,13)(H,14,15). The van der Waals surface area contributed by atoms with E-state index < -0.39 is 18.6 Å². The number of nitrogens with one attached hydrogen (secondary N) is 1. The SMILES string of the molecule is CC(CF)NC(=O)c1cc(Br)cnc1N. The van der Waals surface area contributed by atoms with Gasteiger partial charge in [-0.25, -0.2) is 9.37 Å². The summed E-state index contributed by atoms with van der Waals surface area (Å²) in [4.78, 5) is 15.4. The molecule has 3 N–H and O–H groups in total. The highest BCUT2D eigenvalue weighted by molar-refractivity contribution is 9.10. The van der Waals surface area contributed by atoms with E-state index in [1.807, 2.05) is 0 Å². The molecule has 0 radical (unpaired) electrons. The molecule has 0 aliphatic carbocycles. The van der Waals surface area contributed by atoms with Crippen molar-refractivity contribution in [1.82, 2.24) is 10.3 Å². The summed E-state index contributed by atoms with van der Waals surface area (Å²) in [5, 5.41) is 2.46. The predicted octanol–water partition coefficient (Wildman–Crippen LogP) is 1.51. The van der Waals surface area contributed by atoms with E-state index in [0.29, 0.717) is 4.47 Å². The third-order valence-electron chi connectivity index (χ3n) is 1.74. The number of alkyl halides is 1. The van der Waals surface area contributed by atoms with E-state index in [1.54, 1.807) is 13.0 Å². The van der Waals surface area contributed by atoms with Gasteiger partial charge in [0.05, 0.1) is 11.6 Å². The highest BCUT2D eigenvalue weighted by Gasteiger charge is 2.13. The van der Waals surface area contributed by atoms with Crippen molar-refractivity contribution in [3.63, 3.8) is 0 Å². The number of nitrogens with two attached hydrogens (primary N) is 1. The lowest BCUT2D eigenvalue weighted by molar-refractivity contribution is 0.0934. The molecule has 0 saturated carbocycles. The van der Waals surface area contributed by atoms with Gasteiger partial charge in [0.25, 0.3) is 5.91 Å². The van der Waals surface area contributed by atoms with Crippen LogP contribution >= 0.6 is 15.9 Å². The van der Waals surface area contributed by atoms with Crippen molar-refractivity contribution >= 4 is 27.7 Å². The van der Waals surface area contributed by atoms with Gasteiger partial charge >= 0.3 is 0 Å². The van der Waals surface area contributed by atoms with Gasteiger partial charge in [-0.1, -0.05) is 0 Å². The molecular formula is C9H11BrFN3O. The molecule has 1 unspecified atom stereocenters. The van der Waals surface area contributed by atoms with Crippen LogP contribution in [0.4, 0.5) is 10.2 Å². The second kappa shape index (κ2) is 5.06. The molecule has 4 nitrogen and oxygen atoms in total. The summed E-state index contributed by atoms with van der Waals surface area (Å²) < 4.78 is 12.8. The molecule has 0 aromatic carbocycles. The van der Waals surface area contributed by atoms with Crippen LogP contribution in [0.25, 0.3) is 0 Å². The molecule has 0 fully saturated rings. The van der Waals surface area contributed by atoms with Gasteiger partial charge in [0.1, 0.15) is 12.5 Å². The Morgan fingerprint density at radius 3 is 3.07 bits per heavy atom. The number of nitrogen functional groups attached to an aromatic ring is 1. The van der Waals surface area contributed by atoms with Crippen LogP contribution in [0.5, 0.6) is 0 Å². The summed E-state index contributed by atoms with van der Waals surface area (Å²) in [5.41, 5.74) is 5.76. The minimum atomic E-state index is -0.618. The average Bonchev–Trinajstić information content (AvgIpc) is 2.21. The maximum atomic E-state index is 12.2. The average molecular weight is 276 g/mol. The van der Waals surface area contributed by atoms with Gasteiger partial charge in [-0.3, -0.25) is 4.79 Å². The first-order chi connectivity index (χ1) is 7.04. The second-order valence-electron chi connectivity index (χ2n) is 3.12. The lowest BCUT2D eigenvalue weighted by atomic mass is 10.2. The molecule has 1 heterocycles. The minimum absolute atomic E-state index is 0.127. The number of pyridine rings is 1. The number of halogens is 2. The van der Waals surface area contributed by atoms with Crippen molar-refractivity contribution in [2.45, 2.75) is 13.0 Å². The maximum absolute atomic E-state index is 12.2. The van der Waals surface area contributed by atoms with E-state index in [9.17, 15) is 9.18 Å². The fraction of sp³-hybridized carbons (Fsp3) is 0.333. The molecule has 6 heteroatoms. The Labute approximate surface area is 95.2 Å². The van der Waals surface area contributed by atoms with Gasteiger partial charge in [0.15, 0.2) is 0 Å². The quantitative estimate of drug-likeness (QED) is 0.879. The second-order valence-corrected chi connectivity index (χ2v) is 4.03. The zero-order chi connectivity index (χ0) is 11.4. The number of nitrogens with zero attached hydrogens (tertiary/aromatic N) is 1. The number of hydrogen-bond donors (Lipinski definition) is 2. The lowest BCUT2D eigenvalue weighted by Gasteiger charge is -2.10. The molecule has 1 aromatic rings. The van der Waals surface area contributed by atoms with Crippen LogP contribution in [-0.4, -0.2) is 23.6 Å². The van der Waals surface area contributed by atoms with Crippen LogP contribution in [0.3, 0.4) is 0 Å². The Hall–Kier alpha value is -1.17. The van der Waals surface area contributed by atoms with E-state index in [4.69, 9.17) is 5.73 Å². The van der Waals surface area contributed by atoms with E-state index in [0.717, 1.165) is 0 Å². The molecule has 15 heavy (non-hydrogen) atoms. The van der Waals surface area contributed by atoms with Crippen LogP contribution in [0, 0.1) is 0 Å².